The molecule has 5 rings (SSSR count). The van der Waals surface area contributed by atoms with Gasteiger partial charge in [0.1, 0.15) is 5.92 Å². The van der Waals surface area contributed by atoms with Gasteiger partial charge in [-0.3, -0.25) is 9.79 Å². The summed E-state index contributed by atoms with van der Waals surface area (Å²) < 4.78 is 16.2. The molecule has 2 aliphatic rings. The van der Waals surface area contributed by atoms with Crippen molar-refractivity contribution in [2.75, 3.05) is 25.3 Å². The Kier molecular flexibility index (Phi) is 6.69. The van der Waals surface area contributed by atoms with Crippen molar-refractivity contribution in [1.82, 2.24) is 5.32 Å². The topological polar surface area (TPSA) is 98.3 Å². The number of aliphatic imine (C=N–C) groups is 1. The van der Waals surface area contributed by atoms with Gasteiger partial charge in [-0.25, -0.2) is 4.79 Å². The molecule has 0 fully saturated rings. The standard InChI is InChI=1S/C28H27N3O5/c1-3-29-15-17-5-9-20(10-6-17)30-26(18-8-12-23-24(14-18)36-16-35-23)25-21-11-7-19(28(33)34-4-2)13-22(21)31-27(25)32/h5-14,25,29H,3-4,15-16H2,1-2H3,(H,31,32). The molecule has 0 aromatic heterocycles. The number of rotatable bonds is 8. The molecule has 3 aromatic rings. The molecule has 8 heteroatoms. The van der Waals surface area contributed by atoms with Crippen molar-refractivity contribution in [3.05, 3.63) is 82.9 Å². The maximum Gasteiger partial charge on any atom is 0.338 e. The zero-order valence-electron chi connectivity index (χ0n) is 20.2. The summed E-state index contributed by atoms with van der Waals surface area (Å²) in [6.45, 7) is 5.92. The van der Waals surface area contributed by atoms with Crippen LogP contribution in [0, 0.1) is 0 Å². The second kappa shape index (κ2) is 10.2. The van der Waals surface area contributed by atoms with Gasteiger partial charge in [0.25, 0.3) is 0 Å². The van der Waals surface area contributed by atoms with Gasteiger partial charge in [-0.15, -0.1) is 0 Å². The summed E-state index contributed by atoms with van der Waals surface area (Å²) in [7, 11) is 0. The lowest BCUT2D eigenvalue weighted by atomic mass is 9.90. The van der Waals surface area contributed by atoms with Crippen LogP contribution in [0.3, 0.4) is 0 Å². The lowest BCUT2D eigenvalue weighted by Crippen LogP contribution is -2.22. The number of hydrogen-bond donors (Lipinski definition) is 2. The zero-order valence-corrected chi connectivity index (χ0v) is 20.2. The van der Waals surface area contributed by atoms with Gasteiger partial charge in [-0.2, -0.15) is 0 Å². The van der Waals surface area contributed by atoms with Gasteiger partial charge < -0.3 is 24.8 Å². The Morgan fingerprint density at radius 3 is 2.58 bits per heavy atom. The summed E-state index contributed by atoms with van der Waals surface area (Å²) in [5, 5.41) is 6.22. The summed E-state index contributed by atoms with van der Waals surface area (Å²) in [5.41, 5.74) is 4.90. The van der Waals surface area contributed by atoms with Crippen LogP contribution in [-0.4, -0.2) is 37.5 Å². The largest absolute Gasteiger partial charge is 0.462 e. The Morgan fingerprint density at radius 1 is 1.03 bits per heavy atom. The number of amides is 1. The normalized spacial score (nSPS) is 16.0. The maximum absolute atomic E-state index is 13.3. The second-order valence-electron chi connectivity index (χ2n) is 8.46. The van der Waals surface area contributed by atoms with Crippen molar-refractivity contribution in [3.8, 4) is 11.5 Å². The van der Waals surface area contributed by atoms with Crippen molar-refractivity contribution >= 4 is 29.0 Å². The van der Waals surface area contributed by atoms with Crippen molar-refractivity contribution in [2.45, 2.75) is 26.3 Å². The van der Waals surface area contributed by atoms with Crippen molar-refractivity contribution in [3.63, 3.8) is 0 Å². The van der Waals surface area contributed by atoms with Crippen LogP contribution in [0.25, 0.3) is 0 Å². The molecular weight excluding hydrogens is 458 g/mol. The average molecular weight is 486 g/mol. The van der Waals surface area contributed by atoms with E-state index in [1.807, 2.05) is 42.5 Å². The lowest BCUT2D eigenvalue weighted by molar-refractivity contribution is -0.115. The van der Waals surface area contributed by atoms with E-state index in [0.29, 0.717) is 28.5 Å². The number of hydrogen-bond acceptors (Lipinski definition) is 7. The van der Waals surface area contributed by atoms with Gasteiger partial charge in [0, 0.05) is 17.8 Å². The third-order valence-corrected chi connectivity index (χ3v) is 6.10. The van der Waals surface area contributed by atoms with Crippen molar-refractivity contribution < 1.29 is 23.8 Å². The van der Waals surface area contributed by atoms with Crippen LogP contribution in [0.15, 0.2) is 65.7 Å². The molecule has 0 aliphatic carbocycles. The van der Waals surface area contributed by atoms with Crippen molar-refractivity contribution in [2.24, 2.45) is 4.99 Å². The lowest BCUT2D eigenvalue weighted by Gasteiger charge is -2.15. The Balaban J connectivity index is 1.56. The molecule has 8 nitrogen and oxygen atoms in total. The van der Waals surface area contributed by atoms with Gasteiger partial charge in [0.15, 0.2) is 11.5 Å². The minimum Gasteiger partial charge on any atom is -0.462 e. The smallest absolute Gasteiger partial charge is 0.338 e. The first-order chi connectivity index (χ1) is 17.6. The predicted octanol–water partition coefficient (Wildman–Crippen LogP) is 4.56. The minimum atomic E-state index is -0.668. The van der Waals surface area contributed by atoms with E-state index in [1.54, 1.807) is 25.1 Å². The Hall–Kier alpha value is -4.17. The Bertz CT molecular complexity index is 1330. The molecule has 1 unspecified atom stereocenters. The van der Waals surface area contributed by atoms with E-state index in [4.69, 9.17) is 19.2 Å². The van der Waals surface area contributed by atoms with Crippen LogP contribution in [0.1, 0.15) is 46.8 Å². The van der Waals surface area contributed by atoms with E-state index < -0.39 is 11.9 Å². The summed E-state index contributed by atoms with van der Waals surface area (Å²) in [6.07, 6.45) is 0. The van der Waals surface area contributed by atoms with E-state index in [9.17, 15) is 9.59 Å². The molecule has 0 radical (unpaired) electrons. The average Bonchev–Trinajstić information content (AvgIpc) is 3.49. The molecule has 0 spiro atoms. The fourth-order valence-corrected chi connectivity index (χ4v) is 4.32. The van der Waals surface area contributed by atoms with Gasteiger partial charge in [0.2, 0.25) is 12.7 Å². The number of ether oxygens (including phenoxy) is 3. The number of nitrogens with zero attached hydrogens (tertiary/aromatic N) is 1. The Labute approximate surface area is 209 Å². The third kappa shape index (κ3) is 4.67. The zero-order chi connectivity index (χ0) is 25.1. The summed E-state index contributed by atoms with van der Waals surface area (Å²) in [4.78, 5) is 30.4. The van der Waals surface area contributed by atoms with Crippen LogP contribution < -0.4 is 20.1 Å². The molecule has 2 N–H and O–H groups in total. The first-order valence-electron chi connectivity index (χ1n) is 12.0. The van der Waals surface area contributed by atoms with Gasteiger partial charge >= 0.3 is 5.97 Å². The number of nitrogens with one attached hydrogen (secondary N) is 2. The number of fused-ring (bicyclic) bond motifs is 2. The molecule has 2 heterocycles. The predicted molar refractivity (Wildman–Crippen MR) is 136 cm³/mol. The number of benzene rings is 3. The van der Waals surface area contributed by atoms with E-state index in [2.05, 4.69) is 17.6 Å². The van der Waals surface area contributed by atoms with Crippen LogP contribution in [0.5, 0.6) is 11.5 Å². The van der Waals surface area contributed by atoms with E-state index in [1.165, 1.54) is 0 Å². The number of esters is 1. The van der Waals surface area contributed by atoms with Crippen LogP contribution in [-0.2, 0) is 16.1 Å². The SMILES string of the molecule is CCNCc1ccc(N=C(c2ccc3c(c2)OCO3)C2C(=O)Nc3cc(C(=O)OCC)ccc32)cc1. The highest BCUT2D eigenvalue weighted by Gasteiger charge is 2.36. The molecular formula is C28H27N3O5. The highest BCUT2D eigenvalue weighted by Crippen LogP contribution is 2.39. The van der Waals surface area contributed by atoms with Crippen LogP contribution in [0.2, 0.25) is 0 Å². The summed E-state index contributed by atoms with van der Waals surface area (Å²) in [6, 6.07) is 18.6. The van der Waals surface area contributed by atoms with E-state index in [0.717, 1.165) is 35.5 Å². The number of carbonyl (C=O) groups is 2. The molecule has 0 saturated heterocycles. The number of anilines is 1. The van der Waals surface area contributed by atoms with Gasteiger partial charge in [-0.1, -0.05) is 25.1 Å². The fraction of sp³-hybridized carbons (Fsp3) is 0.250. The van der Waals surface area contributed by atoms with Crippen molar-refractivity contribution in [1.29, 1.82) is 0 Å². The molecule has 0 bridgehead atoms. The molecule has 0 saturated carbocycles. The minimum absolute atomic E-state index is 0.155. The second-order valence-corrected chi connectivity index (χ2v) is 8.46. The first-order valence-corrected chi connectivity index (χ1v) is 12.0. The highest BCUT2D eigenvalue weighted by molar-refractivity contribution is 6.24. The monoisotopic (exact) mass is 485 g/mol. The van der Waals surface area contributed by atoms with Gasteiger partial charge in [0.05, 0.1) is 23.6 Å². The Morgan fingerprint density at radius 2 is 1.81 bits per heavy atom. The number of carbonyl (C=O) groups excluding carboxylic acids is 2. The third-order valence-electron chi connectivity index (χ3n) is 6.10. The van der Waals surface area contributed by atoms with Crippen LogP contribution >= 0.6 is 0 Å². The highest BCUT2D eigenvalue weighted by atomic mass is 16.7. The summed E-state index contributed by atoms with van der Waals surface area (Å²) in [5.74, 6) is -0.0525. The maximum atomic E-state index is 13.3. The first kappa shape index (κ1) is 23.6. The van der Waals surface area contributed by atoms with E-state index >= 15 is 0 Å². The molecule has 1 amide bonds. The van der Waals surface area contributed by atoms with Crippen LogP contribution in [0.4, 0.5) is 11.4 Å². The van der Waals surface area contributed by atoms with E-state index in [-0.39, 0.29) is 19.3 Å². The molecule has 1 atom stereocenters. The molecule has 184 valence electrons. The fourth-order valence-electron chi connectivity index (χ4n) is 4.32. The summed E-state index contributed by atoms with van der Waals surface area (Å²) >= 11 is 0. The molecule has 2 aliphatic heterocycles. The van der Waals surface area contributed by atoms with Gasteiger partial charge in [-0.05, 0) is 67.1 Å². The molecule has 36 heavy (non-hydrogen) atoms. The quantitative estimate of drug-likeness (QED) is 0.359. The molecule has 3 aromatic carbocycles.